The van der Waals surface area contributed by atoms with Crippen LogP contribution in [0.5, 0.6) is 5.88 Å². The summed E-state index contributed by atoms with van der Waals surface area (Å²) >= 11 is 0. The Hall–Kier alpha value is -2.30. The highest BCUT2D eigenvalue weighted by molar-refractivity contribution is 5.73. The fourth-order valence-electron chi connectivity index (χ4n) is 2.10. The first kappa shape index (κ1) is 15.1. The van der Waals surface area contributed by atoms with E-state index in [1.807, 2.05) is 25.1 Å². The Labute approximate surface area is 125 Å². The Balaban J connectivity index is 2.38. The molecule has 0 aliphatic heterocycles. The zero-order valence-electron chi connectivity index (χ0n) is 13.0. The Morgan fingerprint density at radius 2 is 1.90 bits per heavy atom. The quantitative estimate of drug-likeness (QED) is 0.900. The zero-order valence-corrected chi connectivity index (χ0v) is 13.0. The monoisotopic (exact) mass is 286 g/mol. The number of benzene rings is 1. The van der Waals surface area contributed by atoms with Crippen molar-refractivity contribution in [3.05, 3.63) is 36.2 Å². The number of nitrogens with two attached hydrogens (primary N) is 1. The molecule has 0 spiro atoms. The lowest BCUT2D eigenvalue weighted by Gasteiger charge is -2.23. The van der Waals surface area contributed by atoms with Gasteiger partial charge >= 0.3 is 0 Å². The molecule has 0 aliphatic rings. The number of rotatable bonds is 4. The van der Waals surface area contributed by atoms with Gasteiger partial charge in [0, 0.05) is 5.69 Å². The molecule has 0 aliphatic carbocycles. The lowest BCUT2D eigenvalue weighted by Crippen LogP contribution is -2.14. The van der Waals surface area contributed by atoms with E-state index in [1.54, 1.807) is 0 Å². The lowest BCUT2D eigenvalue weighted by atomic mass is 9.86. The highest BCUT2D eigenvalue weighted by atomic mass is 16.5. The van der Waals surface area contributed by atoms with Gasteiger partial charge in [-0.1, -0.05) is 39.0 Å². The SMILES string of the molecule is CCOc1ncnc(Nc2ccccc2C(C)(C)C)c1N. The molecular formula is C16H22N4O. The highest BCUT2D eigenvalue weighted by Gasteiger charge is 2.18. The third-order valence-electron chi connectivity index (χ3n) is 3.12. The topological polar surface area (TPSA) is 73.1 Å². The van der Waals surface area contributed by atoms with E-state index in [1.165, 1.54) is 11.9 Å². The largest absolute Gasteiger partial charge is 0.476 e. The molecule has 0 amide bonds. The van der Waals surface area contributed by atoms with Gasteiger partial charge in [0.15, 0.2) is 5.82 Å². The molecule has 0 unspecified atom stereocenters. The summed E-state index contributed by atoms with van der Waals surface area (Å²) < 4.78 is 5.40. The summed E-state index contributed by atoms with van der Waals surface area (Å²) in [6, 6.07) is 8.13. The molecule has 2 aromatic rings. The van der Waals surface area contributed by atoms with Gasteiger partial charge in [-0.15, -0.1) is 0 Å². The van der Waals surface area contributed by atoms with Crippen LogP contribution in [0.25, 0.3) is 0 Å². The molecule has 2 rings (SSSR count). The first-order valence-corrected chi connectivity index (χ1v) is 7.03. The van der Waals surface area contributed by atoms with Gasteiger partial charge < -0.3 is 15.8 Å². The Morgan fingerprint density at radius 3 is 2.57 bits per heavy atom. The third kappa shape index (κ3) is 3.42. The summed E-state index contributed by atoms with van der Waals surface area (Å²) in [5, 5.41) is 3.29. The van der Waals surface area contributed by atoms with Crippen LogP contribution in [0.3, 0.4) is 0 Å². The first-order valence-electron chi connectivity index (χ1n) is 7.03. The second-order valence-electron chi connectivity index (χ2n) is 5.79. The van der Waals surface area contributed by atoms with Crippen molar-refractivity contribution >= 4 is 17.2 Å². The molecule has 5 nitrogen and oxygen atoms in total. The second kappa shape index (κ2) is 5.99. The lowest BCUT2D eigenvalue weighted by molar-refractivity contribution is 0.328. The number of nitrogens with one attached hydrogen (secondary N) is 1. The standard InChI is InChI=1S/C16H22N4O/c1-5-21-15-13(17)14(18-10-19-15)20-12-9-7-6-8-11(12)16(2,3)4/h6-10H,5,17H2,1-4H3,(H,18,19,20). The van der Waals surface area contributed by atoms with E-state index >= 15 is 0 Å². The molecule has 21 heavy (non-hydrogen) atoms. The average Bonchev–Trinajstić information content (AvgIpc) is 2.43. The highest BCUT2D eigenvalue weighted by Crippen LogP contribution is 2.33. The maximum absolute atomic E-state index is 6.06. The molecule has 0 atom stereocenters. The minimum atomic E-state index is 0.0220. The molecule has 0 radical (unpaired) electrons. The van der Waals surface area contributed by atoms with Crippen LogP contribution in [0.2, 0.25) is 0 Å². The van der Waals surface area contributed by atoms with E-state index < -0.39 is 0 Å². The van der Waals surface area contributed by atoms with Gasteiger partial charge in [-0.05, 0) is 24.0 Å². The first-order chi connectivity index (χ1) is 9.93. The smallest absolute Gasteiger partial charge is 0.242 e. The number of aromatic nitrogens is 2. The van der Waals surface area contributed by atoms with E-state index in [4.69, 9.17) is 10.5 Å². The van der Waals surface area contributed by atoms with Crippen molar-refractivity contribution in [2.75, 3.05) is 17.7 Å². The van der Waals surface area contributed by atoms with Crippen molar-refractivity contribution in [2.45, 2.75) is 33.1 Å². The number of hydrogen-bond donors (Lipinski definition) is 2. The number of ether oxygens (including phenoxy) is 1. The van der Waals surface area contributed by atoms with Crippen LogP contribution in [-0.4, -0.2) is 16.6 Å². The van der Waals surface area contributed by atoms with Crippen molar-refractivity contribution < 1.29 is 4.74 Å². The maximum atomic E-state index is 6.06. The molecule has 0 saturated carbocycles. The van der Waals surface area contributed by atoms with Crippen LogP contribution < -0.4 is 15.8 Å². The summed E-state index contributed by atoms with van der Waals surface area (Å²) in [6.45, 7) is 8.91. The summed E-state index contributed by atoms with van der Waals surface area (Å²) in [6.07, 6.45) is 1.45. The zero-order chi connectivity index (χ0) is 15.5. The van der Waals surface area contributed by atoms with E-state index in [-0.39, 0.29) is 5.41 Å². The summed E-state index contributed by atoms with van der Waals surface area (Å²) in [4.78, 5) is 8.26. The van der Waals surface area contributed by atoms with Gasteiger partial charge in [0.25, 0.3) is 0 Å². The Bertz CT molecular complexity index is 620. The van der Waals surface area contributed by atoms with Crippen LogP contribution in [0, 0.1) is 0 Å². The van der Waals surface area contributed by atoms with Crippen molar-refractivity contribution in [2.24, 2.45) is 0 Å². The Morgan fingerprint density at radius 1 is 1.19 bits per heavy atom. The third-order valence-corrected chi connectivity index (χ3v) is 3.12. The van der Waals surface area contributed by atoms with Crippen LogP contribution in [0.15, 0.2) is 30.6 Å². The van der Waals surface area contributed by atoms with Gasteiger partial charge in [0.1, 0.15) is 12.0 Å². The predicted octanol–water partition coefficient (Wildman–Crippen LogP) is 3.50. The number of hydrogen-bond acceptors (Lipinski definition) is 5. The molecule has 1 aromatic heterocycles. The molecular weight excluding hydrogens is 264 g/mol. The van der Waals surface area contributed by atoms with Crippen molar-refractivity contribution in [3.8, 4) is 5.88 Å². The van der Waals surface area contributed by atoms with Crippen LogP contribution in [-0.2, 0) is 5.41 Å². The summed E-state index contributed by atoms with van der Waals surface area (Å²) in [5.41, 5.74) is 8.68. The number of anilines is 3. The molecule has 1 heterocycles. The van der Waals surface area contributed by atoms with Gasteiger partial charge in [-0.25, -0.2) is 4.98 Å². The van der Waals surface area contributed by atoms with Crippen LogP contribution >= 0.6 is 0 Å². The maximum Gasteiger partial charge on any atom is 0.242 e. The Kier molecular flexibility index (Phi) is 4.31. The fourth-order valence-corrected chi connectivity index (χ4v) is 2.10. The molecule has 0 bridgehead atoms. The van der Waals surface area contributed by atoms with Crippen LogP contribution in [0.4, 0.5) is 17.2 Å². The van der Waals surface area contributed by atoms with Crippen molar-refractivity contribution in [1.29, 1.82) is 0 Å². The van der Waals surface area contributed by atoms with Crippen molar-refractivity contribution in [3.63, 3.8) is 0 Å². The molecule has 0 fully saturated rings. The second-order valence-corrected chi connectivity index (χ2v) is 5.79. The van der Waals surface area contributed by atoms with E-state index in [0.717, 1.165) is 5.69 Å². The summed E-state index contributed by atoms with van der Waals surface area (Å²) in [7, 11) is 0. The van der Waals surface area contributed by atoms with E-state index in [2.05, 4.69) is 42.1 Å². The minimum absolute atomic E-state index is 0.0220. The molecule has 0 saturated heterocycles. The molecule has 112 valence electrons. The van der Waals surface area contributed by atoms with Crippen LogP contribution in [0.1, 0.15) is 33.3 Å². The van der Waals surface area contributed by atoms with E-state index in [9.17, 15) is 0 Å². The minimum Gasteiger partial charge on any atom is -0.476 e. The number of nitrogen functional groups attached to an aromatic ring is 1. The average molecular weight is 286 g/mol. The van der Waals surface area contributed by atoms with Gasteiger partial charge in [0.2, 0.25) is 5.88 Å². The predicted molar refractivity (Wildman–Crippen MR) is 86.0 cm³/mol. The fraction of sp³-hybridized carbons (Fsp3) is 0.375. The summed E-state index contributed by atoms with van der Waals surface area (Å²) in [5.74, 6) is 0.966. The number of nitrogens with zero attached hydrogens (tertiary/aromatic N) is 2. The molecule has 5 heteroatoms. The van der Waals surface area contributed by atoms with Gasteiger partial charge in [-0.2, -0.15) is 4.98 Å². The van der Waals surface area contributed by atoms with E-state index in [0.29, 0.717) is 24.0 Å². The molecule has 3 N–H and O–H groups in total. The van der Waals surface area contributed by atoms with Crippen molar-refractivity contribution in [1.82, 2.24) is 9.97 Å². The normalized spacial score (nSPS) is 11.2. The number of para-hydroxylation sites is 1. The van der Waals surface area contributed by atoms with Gasteiger partial charge in [-0.3, -0.25) is 0 Å². The van der Waals surface area contributed by atoms with Gasteiger partial charge in [0.05, 0.1) is 6.61 Å². The molecule has 1 aromatic carbocycles.